The van der Waals surface area contributed by atoms with Crippen LogP contribution >= 0.6 is 11.3 Å². The molecule has 0 saturated heterocycles. The van der Waals surface area contributed by atoms with Crippen molar-refractivity contribution < 1.29 is 24.5 Å². The minimum absolute atomic E-state index is 0.0794. The molecule has 3 aromatic rings. The molecule has 0 saturated carbocycles. The predicted molar refractivity (Wildman–Crippen MR) is 120 cm³/mol. The molecule has 0 spiro atoms. The second kappa shape index (κ2) is 9.90. The maximum atomic E-state index is 11.7. The summed E-state index contributed by atoms with van der Waals surface area (Å²) in [5, 5.41) is 20.9. The Bertz CT molecular complexity index is 1110. The van der Waals surface area contributed by atoms with E-state index in [4.69, 9.17) is 4.74 Å². The van der Waals surface area contributed by atoms with E-state index in [0.29, 0.717) is 21.6 Å². The Morgan fingerprint density at radius 2 is 1.65 bits per heavy atom. The molecule has 2 N–H and O–H groups in total. The van der Waals surface area contributed by atoms with Gasteiger partial charge in [0.2, 0.25) is 0 Å². The third kappa shape index (κ3) is 5.28. The van der Waals surface area contributed by atoms with Gasteiger partial charge in [-0.2, -0.15) is 0 Å². The molecule has 31 heavy (non-hydrogen) atoms. The molecule has 1 aromatic heterocycles. The van der Waals surface area contributed by atoms with Gasteiger partial charge in [0.05, 0.1) is 11.5 Å². The molecule has 0 aliphatic rings. The molecule has 5 nitrogen and oxygen atoms in total. The highest BCUT2D eigenvalue weighted by Gasteiger charge is 2.29. The van der Waals surface area contributed by atoms with Crippen LogP contribution in [-0.4, -0.2) is 28.8 Å². The molecule has 0 fully saturated rings. The summed E-state index contributed by atoms with van der Waals surface area (Å²) >= 11 is 0.976. The van der Waals surface area contributed by atoms with Crippen molar-refractivity contribution in [3.05, 3.63) is 99.3 Å². The molecule has 2 aromatic carbocycles. The zero-order chi connectivity index (χ0) is 22.3. The van der Waals surface area contributed by atoms with Crippen LogP contribution in [0.2, 0.25) is 0 Å². The summed E-state index contributed by atoms with van der Waals surface area (Å²) in [4.78, 5) is 23.6. The number of thiophene rings is 1. The van der Waals surface area contributed by atoms with Gasteiger partial charge in [0, 0.05) is 22.8 Å². The van der Waals surface area contributed by atoms with Gasteiger partial charge in [-0.3, -0.25) is 0 Å². The van der Waals surface area contributed by atoms with Crippen LogP contribution in [0.3, 0.4) is 0 Å². The van der Waals surface area contributed by atoms with Crippen LogP contribution in [0.25, 0.3) is 6.08 Å². The number of benzene rings is 2. The van der Waals surface area contributed by atoms with E-state index in [1.54, 1.807) is 31.2 Å². The molecular weight excluding hydrogens is 412 g/mol. The van der Waals surface area contributed by atoms with Gasteiger partial charge in [-0.15, -0.1) is 11.3 Å². The highest BCUT2D eigenvalue weighted by atomic mass is 32.1. The second-order valence-corrected chi connectivity index (χ2v) is 7.53. The number of ether oxygens (including phenoxy) is 1. The number of aliphatic hydroxyl groups is 1. The van der Waals surface area contributed by atoms with Crippen molar-refractivity contribution in [3.8, 4) is 11.8 Å². The van der Waals surface area contributed by atoms with E-state index in [1.807, 2.05) is 36.4 Å². The minimum atomic E-state index is -1.60. The van der Waals surface area contributed by atoms with Gasteiger partial charge in [0.15, 0.2) is 5.60 Å². The maximum absolute atomic E-state index is 11.7. The Kier molecular flexibility index (Phi) is 7.03. The topological polar surface area (TPSA) is 83.8 Å². The fraction of sp³-hybridized carbons (Fsp3) is 0.120. The van der Waals surface area contributed by atoms with Crippen LogP contribution in [0.4, 0.5) is 0 Å². The Hall–Kier alpha value is -3.66. The number of aromatic carboxylic acids is 1. The number of carbonyl (C=O) groups is 2. The standard InChI is InChI=1S/C25H20O5S/c1-2-30-23(26)14-13-18-17-22(24(27)28)31-21(18)15-16-25(29,19-9-5-3-6-10-19)20-11-7-4-8-12-20/h3-14,17,29H,2H2,1H3,(H,27,28). The largest absolute Gasteiger partial charge is 0.477 e. The molecule has 0 aliphatic heterocycles. The summed E-state index contributed by atoms with van der Waals surface area (Å²) < 4.78 is 4.87. The first-order valence-corrected chi connectivity index (χ1v) is 10.3. The lowest BCUT2D eigenvalue weighted by Gasteiger charge is -2.23. The number of rotatable bonds is 6. The summed E-state index contributed by atoms with van der Waals surface area (Å²) in [5.41, 5.74) is 0.0453. The van der Waals surface area contributed by atoms with Crippen LogP contribution in [0.15, 0.2) is 72.8 Å². The Morgan fingerprint density at radius 1 is 1.06 bits per heavy atom. The quantitative estimate of drug-likeness (QED) is 0.345. The highest BCUT2D eigenvalue weighted by Crippen LogP contribution is 2.30. The van der Waals surface area contributed by atoms with Crippen LogP contribution in [0.5, 0.6) is 0 Å². The van der Waals surface area contributed by atoms with Gasteiger partial charge in [-0.05, 0) is 19.1 Å². The maximum Gasteiger partial charge on any atom is 0.345 e. The van der Waals surface area contributed by atoms with Crippen molar-refractivity contribution in [3.63, 3.8) is 0 Å². The predicted octanol–water partition coefficient (Wildman–Crippen LogP) is 4.31. The van der Waals surface area contributed by atoms with E-state index in [9.17, 15) is 19.8 Å². The van der Waals surface area contributed by atoms with Gasteiger partial charge in [0.1, 0.15) is 4.88 Å². The van der Waals surface area contributed by atoms with Crippen LogP contribution in [0, 0.1) is 11.8 Å². The molecule has 0 radical (unpaired) electrons. The molecule has 0 bridgehead atoms. The third-order valence-electron chi connectivity index (χ3n) is 4.40. The normalized spacial score (nSPS) is 11.0. The summed E-state index contributed by atoms with van der Waals surface area (Å²) in [6, 6.07) is 19.5. The molecule has 0 atom stereocenters. The summed E-state index contributed by atoms with van der Waals surface area (Å²) in [7, 11) is 0. The molecular formula is C25H20O5S. The summed E-state index contributed by atoms with van der Waals surface area (Å²) in [5.74, 6) is 4.23. The third-order valence-corrected chi connectivity index (χ3v) is 5.45. The average molecular weight is 432 g/mol. The highest BCUT2D eigenvalue weighted by molar-refractivity contribution is 7.14. The first kappa shape index (κ1) is 22.0. The van der Waals surface area contributed by atoms with Gasteiger partial charge in [0.25, 0.3) is 0 Å². The molecule has 1 heterocycles. The van der Waals surface area contributed by atoms with E-state index in [0.717, 1.165) is 11.3 Å². The number of carboxylic acid groups (broad SMARTS) is 1. The average Bonchev–Trinajstić information content (AvgIpc) is 3.21. The Labute approximate surface area is 184 Å². The fourth-order valence-electron chi connectivity index (χ4n) is 2.90. The van der Waals surface area contributed by atoms with E-state index >= 15 is 0 Å². The van der Waals surface area contributed by atoms with Gasteiger partial charge < -0.3 is 14.9 Å². The first-order chi connectivity index (χ1) is 14.9. The van der Waals surface area contributed by atoms with E-state index in [1.165, 1.54) is 18.2 Å². The molecule has 6 heteroatoms. The van der Waals surface area contributed by atoms with Gasteiger partial charge >= 0.3 is 11.9 Å². The molecule has 0 amide bonds. The molecule has 3 rings (SSSR count). The van der Waals surface area contributed by atoms with Crippen LogP contribution in [-0.2, 0) is 15.1 Å². The Morgan fingerprint density at radius 3 is 2.16 bits per heavy atom. The monoisotopic (exact) mass is 432 g/mol. The second-order valence-electron chi connectivity index (χ2n) is 6.48. The van der Waals surface area contributed by atoms with Crippen molar-refractivity contribution in [1.82, 2.24) is 0 Å². The van der Waals surface area contributed by atoms with Crippen molar-refractivity contribution in [2.75, 3.05) is 6.61 Å². The first-order valence-electron chi connectivity index (χ1n) is 9.52. The number of carbonyl (C=O) groups excluding carboxylic acids is 1. The Balaban J connectivity index is 2.09. The minimum Gasteiger partial charge on any atom is -0.477 e. The van der Waals surface area contributed by atoms with Crippen LogP contribution < -0.4 is 0 Å². The van der Waals surface area contributed by atoms with E-state index in [-0.39, 0.29) is 11.5 Å². The lowest BCUT2D eigenvalue weighted by atomic mass is 9.87. The van der Waals surface area contributed by atoms with Crippen molar-refractivity contribution >= 4 is 29.4 Å². The smallest absolute Gasteiger partial charge is 0.345 e. The van der Waals surface area contributed by atoms with E-state index < -0.39 is 17.5 Å². The number of carboxylic acids is 1. The molecule has 156 valence electrons. The number of hydrogen-bond acceptors (Lipinski definition) is 5. The van der Waals surface area contributed by atoms with Gasteiger partial charge in [-0.25, -0.2) is 9.59 Å². The SMILES string of the molecule is CCOC(=O)C=Cc1cc(C(=O)O)sc1C#CC(O)(c1ccccc1)c1ccccc1. The summed E-state index contributed by atoms with van der Waals surface area (Å²) in [6.07, 6.45) is 2.69. The van der Waals surface area contributed by atoms with Gasteiger partial charge in [-0.1, -0.05) is 72.5 Å². The zero-order valence-electron chi connectivity index (χ0n) is 16.7. The zero-order valence-corrected chi connectivity index (χ0v) is 17.6. The van der Waals surface area contributed by atoms with Crippen molar-refractivity contribution in [2.24, 2.45) is 0 Å². The lowest BCUT2D eigenvalue weighted by molar-refractivity contribution is -0.137. The number of esters is 1. The summed E-state index contributed by atoms with van der Waals surface area (Å²) in [6.45, 7) is 1.94. The molecule has 0 aliphatic carbocycles. The molecule has 0 unspecified atom stereocenters. The van der Waals surface area contributed by atoms with Crippen molar-refractivity contribution in [2.45, 2.75) is 12.5 Å². The number of hydrogen-bond donors (Lipinski definition) is 2. The fourth-order valence-corrected chi connectivity index (χ4v) is 3.74. The van der Waals surface area contributed by atoms with E-state index in [2.05, 4.69) is 11.8 Å². The van der Waals surface area contributed by atoms with Crippen molar-refractivity contribution in [1.29, 1.82) is 0 Å². The lowest BCUT2D eigenvalue weighted by Crippen LogP contribution is -2.25. The van der Waals surface area contributed by atoms with Crippen LogP contribution in [0.1, 0.15) is 38.2 Å².